The molecule has 1 aliphatic rings. The lowest BCUT2D eigenvalue weighted by Gasteiger charge is -2.25. The average molecular weight is 316 g/mol. The molecule has 1 saturated heterocycles. The highest BCUT2D eigenvalue weighted by molar-refractivity contribution is 5.79. The molecule has 2 heterocycles. The van der Waals surface area contributed by atoms with Gasteiger partial charge in [0.1, 0.15) is 11.6 Å². The van der Waals surface area contributed by atoms with E-state index in [1.165, 1.54) is 6.07 Å². The van der Waals surface area contributed by atoms with Crippen molar-refractivity contribution in [3.05, 3.63) is 52.7 Å². The third kappa shape index (κ3) is 3.44. The van der Waals surface area contributed by atoms with Crippen molar-refractivity contribution in [2.24, 2.45) is 0 Å². The Labute approximate surface area is 135 Å². The third-order valence-corrected chi connectivity index (χ3v) is 4.57. The number of hydrogen-bond donors (Lipinski definition) is 0. The molecular weight excluding hydrogens is 295 g/mol. The van der Waals surface area contributed by atoms with E-state index in [9.17, 15) is 9.18 Å². The topological polar surface area (TPSA) is 46.3 Å². The zero-order chi connectivity index (χ0) is 16.4. The summed E-state index contributed by atoms with van der Waals surface area (Å²) in [6.07, 6.45) is 2.98. The Kier molecular flexibility index (Phi) is 4.46. The van der Waals surface area contributed by atoms with Gasteiger partial charge >= 0.3 is 0 Å². The zero-order valence-electron chi connectivity index (χ0n) is 13.5. The number of rotatable bonds is 4. The summed E-state index contributed by atoms with van der Waals surface area (Å²) in [5, 5.41) is 3.90. The Morgan fingerprint density at radius 3 is 2.96 bits per heavy atom. The van der Waals surface area contributed by atoms with Gasteiger partial charge in [-0.15, -0.1) is 0 Å². The lowest BCUT2D eigenvalue weighted by molar-refractivity contribution is -0.131. The number of benzene rings is 1. The first kappa shape index (κ1) is 15.7. The maximum Gasteiger partial charge on any atom is 0.227 e. The number of likely N-dealkylation sites (tertiary alicyclic amines) is 1. The van der Waals surface area contributed by atoms with Crippen LogP contribution in [0.3, 0.4) is 0 Å². The van der Waals surface area contributed by atoms with Crippen LogP contribution in [0.4, 0.5) is 4.39 Å². The predicted octanol–water partition coefficient (Wildman–Crippen LogP) is 3.21. The molecule has 4 nitrogen and oxygen atoms in total. The van der Waals surface area contributed by atoms with E-state index < -0.39 is 0 Å². The molecule has 23 heavy (non-hydrogen) atoms. The van der Waals surface area contributed by atoms with Crippen LogP contribution in [-0.4, -0.2) is 28.6 Å². The summed E-state index contributed by atoms with van der Waals surface area (Å²) in [6.45, 7) is 4.45. The van der Waals surface area contributed by atoms with Gasteiger partial charge in [0, 0.05) is 18.2 Å². The maximum atomic E-state index is 13.3. The molecule has 3 rings (SSSR count). The van der Waals surface area contributed by atoms with Crippen LogP contribution in [0, 0.1) is 19.7 Å². The van der Waals surface area contributed by atoms with E-state index in [1.807, 2.05) is 24.8 Å². The molecule has 1 aromatic heterocycles. The van der Waals surface area contributed by atoms with Gasteiger partial charge < -0.3 is 9.42 Å². The first-order chi connectivity index (χ1) is 11.0. The largest absolute Gasteiger partial charge is 0.361 e. The first-order valence-electron chi connectivity index (χ1n) is 8.00. The molecule has 1 aromatic carbocycles. The standard InChI is InChI=1S/C18H21FN2O2/c1-12-17(13(2)23-20-12)11-18(22)21-8-4-7-16(21)10-14-5-3-6-15(19)9-14/h3,5-6,9,16H,4,7-8,10-11H2,1-2H3. The van der Waals surface area contributed by atoms with Crippen molar-refractivity contribution in [3.8, 4) is 0 Å². The van der Waals surface area contributed by atoms with E-state index in [-0.39, 0.29) is 17.8 Å². The number of halogens is 1. The fourth-order valence-electron chi connectivity index (χ4n) is 3.32. The van der Waals surface area contributed by atoms with Crippen LogP contribution in [0.2, 0.25) is 0 Å². The molecule has 2 aromatic rings. The van der Waals surface area contributed by atoms with Crippen LogP contribution in [0.25, 0.3) is 0 Å². The predicted molar refractivity (Wildman–Crippen MR) is 84.5 cm³/mol. The van der Waals surface area contributed by atoms with E-state index in [0.717, 1.165) is 36.2 Å². The van der Waals surface area contributed by atoms with Crippen LogP contribution in [0.1, 0.15) is 35.4 Å². The molecule has 0 N–H and O–H groups in total. The quantitative estimate of drug-likeness (QED) is 0.870. The van der Waals surface area contributed by atoms with Gasteiger partial charge in [-0.1, -0.05) is 17.3 Å². The maximum absolute atomic E-state index is 13.3. The minimum Gasteiger partial charge on any atom is -0.361 e. The Hall–Kier alpha value is -2.17. The Bertz CT molecular complexity index is 691. The van der Waals surface area contributed by atoms with Gasteiger partial charge in [-0.25, -0.2) is 4.39 Å². The summed E-state index contributed by atoms with van der Waals surface area (Å²) < 4.78 is 18.5. The number of carbonyl (C=O) groups excluding carboxylic acids is 1. The smallest absolute Gasteiger partial charge is 0.227 e. The van der Waals surface area contributed by atoms with Crippen molar-refractivity contribution in [2.75, 3.05) is 6.54 Å². The van der Waals surface area contributed by atoms with E-state index in [4.69, 9.17) is 4.52 Å². The molecule has 1 amide bonds. The Balaban J connectivity index is 1.70. The van der Waals surface area contributed by atoms with Crippen LogP contribution >= 0.6 is 0 Å². The zero-order valence-corrected chi connectivity index (χ0v) is 13.5. The van der Waals surface area contributed by atoms with E-state index in [1.54, 1.807) is 12.1 Å². The number of carbonyl (C=O) groups is 1. The molecule has 5 heteroatoms. The highest BCUT2D eigenvalue weighted by Gasteiger charge is 2.29. The van der Waals surface area contributed by atoms with Crippen LogP contribution in [0.5, 0.6) is 0 Å². The SMILES string of the molecule is Cc1noc(C)c1CC(=O)N1CCCC1Cc1cccc(F)c1. The summed E-state index contributed by atoms with van der Waals surface area (Å²) in [5.41, 5.74) is 2.59. The van der Waals surface area contributed by atoms with Crippen LogP contribution in [-0.2, 0) is 17.6 Å². The minimum atomic E-state index is -0.228. The molecule has 0 saturated carbocycles. The highest BCUT2D eigenvalue weighted by atomic mass is 19.1. The fourth-order valence-corrected chi connectivity index (χ4v) is 3.32. The lowest BCUT2D eigenvalue weighted by atomic mass is 10.0. The summed E-state index contributed by atoms with van der Waals surface area (Å²) in [4.78, 5) is 14.6. The average Bonchev–Trinajstić information content (AvgIpc) is 3.09. The van der Waals surface area contributed by atoms with Crippen molar-refractivity contribution in [2.45, 2.75) is 45.6 Å². The van der Waals surface area contributed by atoms with Gasteiger partial charge in [0.15, 0.2) is 0 Å². The number of aromatic nitrogens is 1. The second-order valence-corrected chi connectivity index (χ2v) is 6.20. The Morgan fingerprint density at radius 2 is 2.26 bits per heavy atom. The lowest BCUT2D eigenvalue weighted by Crippen LogP contribution is -2.38. The van der Waals surface area contributed by atoms with E-state index in [0.29, 0.717) is 18.6 Å². The summed E-state index contributed by atoms with van der Waals surface area (Å²) >= 11 is 0. The van der Waals surface area contributed by atoms with E-state index in [2.05, 4.69) is 5.16 Å². The van der Waals surface area contributed by atoms with Gasteiger partial charge in [-0.3, -0.25) is 4.79 Å². The molecule has 1 atom stereocenters. The van der Waals surface area contributed by atoms with Gasteiger partial charge in [0.2, 0.25) is 5.91 Å². The number of amides is 1. The molecule has 122 valence electrons. The normalized spacial score (nSPS) is 17.7. The molecule has 1 fully saturated rings. The van der Waals surface area contributed by atoms with Crippen molar-refractivity contribution in [1.29, 1.82) is 0 Å². The summed E-state index contributed by atoms with van der Waals surface area (Å²) in [6, 6.07) is 6.77. The fraction of sp³-hybridized carbons (Fsp3) is 0.444. The number of nitrogens with zero attached hydrogens (tertiary/aromatic N) is 2. The molecule has 1 unspecified atom stereocenters. The van der Waals surface area contributed by atoms with Crippen molar-refractivity contribution in [3.63, 3.8) is 0 Å². The monoisotopic (exact) mass is 316 g/mol. The van der Waals surface area contributed by atoms with E-state index >= 15 is 0 Å². The van der Waals surface area contributed by atoms with Crippen molar-refractivity contribution < 1.29 is 13.7 Å². The first-order valence-corrected chi connectivity index (χ1v) is 8.00. The summed E-state index contributed by atoms with van der Waals surface area (Å²) in [5.74, 6) is 0.573. The number of aryl methyl sites for hydroxylation is 2. The van der Waals surface area contributed by atoms with Gasteiger partial charge in [-0.2, -0.15) is 0 Å². The Morgan fingerprint density at radius 1 is 1.43 bits per heavy atom. The van der Waals surface area contributed by atoms with Crippen molar-refractivity contribution >= 4 is 5.91 Å². The van der Waals surface area contributed by atoms with Crippen molar-refractivity contribution in [1.82, 2.24) is 10.1 Å². The highest BCUT2D eigenvalue weighted by Crippen LogP contribution is 2.23. The molecule has 1 aliphatic heterocycles. The molecule has 0 bridgehead atoms. The van der Waals surface area contributed by atoms with Crippen LogP contribution < -0.4 is 0 Å². The molecule has 0 radical (unpaired) electrons. The summed E-state index contributed by atoms with van der Waals surface area (Å²) in [7, 11) is 0. The molecule has 0 aliphatic carbocycles. The molecular formula is C18H21FN2O2. The molecule has 0 spiro atoms. The second-order valence-electron chi connectivity index (χ2n) is 6.20. The third-order valence-electron chi connectivity index (χ3n) is 4.57. The minimum absolute atomic E-state index is 0.0957. The van der Waals surface area contributed by atoms with Gasteiger partial charge in [-0.05, 0) is 50.8 Å². The number of hydrogen-bond acceptors (Lipinski definition) is 3. The second kappa shape index (κ2) is 6.52. The van der Waals surface area contributed by atoms with Gasteiger partial charge in [0.05, 0.1) is 12.1 Å². The van der Waals surface area contributed by atoms with Crippen LogP contribution in [0.15, 0.2) is 28.8 Å². The van der Waals surface area contributed by atoms with Gasteiger partial charge in [0.25, 0.3) is 0 Å².